The van der Waals surface area contributed by atoms with Gasteiger partial charge < -0.3 is 20.1 Å². The highest BCUT2D eigenvalue weighted by molar-refractivity contribution is 7.47. The highest BCUT2D eigenvalue weighted by atomic mass is 31.2. The monoisotopic (exact) mass is 397 g/mol. The maximum Gasteiger partial charge on any atom is 0.472 e. The van der Waals surface area contributed by atoms with Crippen LogP contribution in [0, 0.1) is 0 Å². The van der Waals surface area contributed by atoms with Gasteiger partial charge in [0.25, 0.3) is 0 Å². The number of rotatable bonds is 18. The minimum absolute atomic E-state index is 0.0963. The Bertz CT molecular complexity index is 395. The molecule has 0 fully saturated rings. The van der Waals surface area contributed by atoms with Gasteiger partial charge in [-0.25, -0.2) is 4.57 Å². The Labute approximate surface area is 157 Å². The molecule has 0 amide bonds. The number of phosphoric acid groups is 1. The molecular formula is C17H36NO7P. The third kappa shape index (κ3) is 16.9. The van der Waals surface area contributed by atoms with E-state index >= 15 is 0 Å². The summed E-state index contributed by atoms with van der Waals surface area (Å²) in [6.45, 7) is 3.84. The van der Waals surface area contributed by atoms with Crippen molar-refractivity contribution in [3.8, 4) is 0 Å². The standard InChI is InChI=1S/C17H36NO7P/c1-3-4-5-6-7-8-9-10-12-22-14-17(25-16(2)19)15-24-26(20,21)23-13-11-18/h17H,3-15,18H2,1-2H3,(H,20,21). The summed E-state index contributed by atoms with van der Waals surface area (Å²) >= 11 is 0. The van der Waals surface area contributed by atoms with Crippen LogP contribution in [0.15, 0.2) is 0 Å². The molecule has 0 aliphatic carbocycles. The zero-order valence-electron chi connectivity index (χ0n) is 16.2. The molecule has 0 bridgehead atoms. The Balaban J connectivity index is 3.87. The van der Waals surface area contributed by atoms with Gasteiger partial charge in [-0.05, 0) is 6.42 Å². The van der Waals surface area contributed by atoms with Gasteiger partial charge in [0.05, 0.1) is 19.8 Å². The van der Waals surface area contributed by atoms with Gasteiger partial charge >= 0.3 is 13.8 Å². The van der Waals surface area contributed by atoms with E-state index in [0.29, 0.717) is 6.61 Å². The lowest BCUT2D eigenvalue weighted by Gasteiger charge is -2.19. The summed E-state index contributed by atoms with van der Waals surface area (Å²) in [5.74, 6) is -0.509. The van der Waals surface area contributed by atoms with Crippen LogP contribution in [0.4, 0.5) is 0 Å². The lowest BCUT2D eigenvalue weighted by atomic mass is 10.1. The summed E-state index contributed by atoms with van der Waals surface area (Å²) in [4.78, 5) is 20.6. The fourth-order valence-electron chi connectivity index (χ4n) is 2.29. The second-order valence-corrected chi connectivity index (χ2v) is 7.62. The second kappa shape index (κ2) is 16.7. The van der Waals surface area contributed by atoms with Crippen molar-refractivity contribution in [1.82, 2.24) is 0 Å². The Kier molecular flexibility index (Phi) is 16.3. The van der Waals surface area contributed by atoms with Crippen LogP contribution in [0.5, 0.6) is 0 Å². The maximum absolute atomic E-state index is 11.6. The maximum atomic E-state index is 11.6. The van der Waals surface area contributed by atoms with Crippen LogP contribution in [0.3, 0.4) is 0 Å². The average Bonchev–Trinajstić information content (AvgIpc) is 2.59. The van der Waals surface area contributed by atoms with E-state index < -0.39 is 19.9 Å². The summed E-state index contributed by atoms with van der Waals surface area (Å²) < 4.78 is 31.5. The van der Waals surface area contributed by atoms with Gasteiger partial charge in [-0.3, -0.25) is 13.8 Å². The van der Waals surface area contributed by atoms with Crippen molar-refractivity contribution >= 4 is 13.8 Å². The van der Waals surface area contributed by atoms with Crippen molar-refractivity contribution in [1.29, 1.82) is 0 Å². The lowest BCUT2D eigenvalue weighted by Crippen LogP contribution is -2.27. The number of esters is 1. The molecule has 2 unspecified atom stereocenters. The number of ether oxygens (including phenoxy) is 2. The van der Waals surface area contributed by atoms with E-state index in [4.69, 9.17) is 19.7 Å². The Morgan fingerprint density at radius 3 is 2.19 bits per heavy atom. The molecular weight excluding hydrogens is 361 g/mol. The largest absolute Gasteiger partial charge is 0.472 e. The molecule has 0 aliphatic heterocycles. The quantitative estimate of drug-likeness (QED) is 0.206. The van der Waals surface area contributed by atoms with Crippen LogP contribution >= 0.6 is 7.82 Å². The summed E-state index contributed by atoms with van der Waals surface area (Å²) in [6, 6.07) is 0. The Hall–Kier alpha value is -0.500. The van der Waals surface area contributed by atoms with Crippen LogP contribution in [0.1, 0.15) is 65.2 Å². The third-order valence-corrected chi connectivity index (χ3v) is 4.56. The van der Waals surface area contributed by atoms with Crippen LogP contribution in [0.25, 0.3) is 0 Å². The van der Waals surface area contributed by atoms with E-state index in [9.17, 15) is 14.3 Å². The second-order valence-electron chi connectivity index (χ2n) is 6.17. The Morgan fingerprint density at radius 1 is 1.00 bits per heavy atom. The Morgan fingerprint density at radius 2 is 1.62 bits per heavy atom. The first-order valence-corrected chi connectivity index (χ1v) is 11.0. The summed E-state index contributed by atoms with van der Waals surface area (Å²) in [6.07, 6.45) is 8.86. The zero-order valence-corrected chi connectivity index (χ0v) is 17.1. The molecule has 3 N–H and O–H groups in total. The fraction of sp³-hybridized carbons (Fsp3) is 0.941. The SMILES string of the molecule is CCCCCCCCCCOCC(COP(=O)(O)OCCN)OC(C)=O. The van der Waals surface area contributed by atoms with Crippen molar-refractivity contribution < 1.29 is 32.8 Å². The van der Waals surface area contributed by atoms with E-state index in [1.165, 1.54) is 45.4 Å². The first-order valence-electron chi connectivity index (χ1n) is 9.48. The van der Waals surface area contributed by atoms with Crippen LogP contribution < -0.4 is 5.73 Å². The normalized spacial score (nSPS) is 14.8. The minimum Gasteiger partial charge on any atom is -0.458 e. The summed E-state index contributed by atoms with van der Waals surface area (Å²) in [5, 5.41) is 0. The van der Waals surface area contributed by atoms with Gasteiger partial charge in [0.15, 0.2) is 0 Å². The molecule has 0 saturated heterocycles. The van der Waals surface area contributed by atoms with E-state index in [1.54, 1.807) is 0 Å². The number of hydrogen-bond acceptors (Lipinski definition) is 7. The molecule has 0 heterocycles. The summed E-state index contributed by atoms with van der Waals surface area (Å²) in [7, 11) is -4.20. The number of nitrogens with two attached hydrogens (primary N) is 1. The van der Waals surface area contributed by atoms with Gasteiger partial charge in [-0.2, -0.15) is 0 Å². The molecule has 0 aromatic rings. The van der Waals surface area contributed by atoms with Gasteiger partial charge in [0.2, 0.25) is 0 Å². The number of unbranched alkanes of at least 4 members (excludes halogenated alkanes) is 7. The molecule has 0 radical (unpaired) electrons. The van der Waals surface area contributed by atoms with E-state index in [0.717, 1.165) is 12.8 Å². The molecule has 26 heavy (non-hydrogen) atoms. The molecule has 0 aromatic heterocycles. The topological polar surface area (TPSA) is 117 Å². The number of carbonyl (C=O) groups excluding carboxylic acids is 1. The molecule has 2 atom stereocenters. The van der Waals surface area contributed by atoms with Crippen LogP contribution in [-0.2, 0) is 27.9 Å². The number of hydrogen-bond donors (Lipinski definition) is 2. The van der Waals surface area contributed by atoms with Crippen molar-refractivity contribution in [3.05, 3.63) is 0 Å². The molecule has 0 aromatic carbocycles. The highest BCUT2D eigenvalue weighted by Gasteiger charge is 2.24. The van der Waals surface area contributed by atoms with Gasteiger partial charge in [-0.1, -0.05) is 51.9 Å². The minimum atomic E-state index is -4.20. The molecule has 0 aliphatic rings. The van der Waals surface area contributed by atoms with E-state index in [-0.39, 0.29) is 26.4 Å². The number of carbonyl (C=O) groups is 1. The van der Waals surface area contributed by atoms with Crippen molar-refractivity contribution in [2.75, 3.05) is 33.0 Å². The first-order chi connectivity index (χ1) is 12.4. The predicted molar refractivity (Wildman–Crippen MR) is 99.8 cm³/mol. The van der Waals surface area contributed by atoms with E-state index in [1.807, 2.05) is 0 Å². The average molecular weight is 397 g/mol. The van der Waals surface area contributed by atoms with Crippen LogP contribution in [0.2, 0.25) is 0 Å². The number of phosphoric ester groups is 1. The van der Waals surface area contributed by atoms with Gasteiger partial charge in [-0.15, -0.1) is 0 Å². The molecule has 156 valence electrons. The first kappa shape index (κ1) is 25.5. The van der Waals surface area contributed by atoms with Gasteiger partial charge in [0.1, 0.15) is 6.10 Å². The summed E-state index contributed by atoms with van der Waals surface area (Å²) in [5.41, 5.74) is 5.20. The third-order valence-electron chi connectivity index (χ3n) is 3.57. The van der Waals surface area contributed by atoms with Crippen molar-refractivity contribution in [2.45, 2.75) is 71.3 Å². The van der Waals surface area contributed by atoms with Gasteiger partial charge in [0, 0.05) is 20.1 Å². The fourth-order valence-corrected chi connectivity index (χ4v) is 3.05. The molecule has 0 saturated carbocycles. The predicted octanol–water partition coefficient (Wildman–Crippen LogP) is 3.17. The van der Waals surface area contributed by atoms with Crippen molar-refractivity contribution in [2.24, 2.45) is 5.73 Å². The van der Waals surface area contributed by atoms with Crippen molar-refractivity contribution in [3.63, 3.8) is 0 Å². The van der Waals surface area contributed by atoms with Crippen LogP contribution in [-0.4, -0.2) is 49.9 Å². The highest BCUT2D eigenvalue weighted by Crippen LogP contribution is 2.42. The lowest BCUT2D eigenvalue weighted by molar-refractivity contribution is -0.151. The molecule has 9 heteroatoms. The molecule has 0 rings (SSSR count). The van der Waals surface area contributed by atoms with E-state index in [2.05, 4.69) is 11.4 Å². The molecule has 8 nitrogen and oxygen atoms in total. The zero-order chi connectivity index (χ0) is 19.7. The molecule has 0 spiro atoms. The smallest absolute Gasteiger partial charge is 0.458 e.